The van der Waals surface area contributed by atoms with Gasteiger partial charge < -0.3 is 4.42 Å². The first-order valence-corrected chi connectivity index (χ1v) is 17.4. The van der Waals surface area contributed by atoms with Crippen molar-refractivity contribution >= 4 is 53.4 Å². The summed E-state index contributed by atoms with van der Waals surface area (Å²) in [5.41, 5.74) is 9.03. The summed E-state index contributed by atoms with van der Waals surface area (Å²) in [6, 6.07) is 56.8. The first-order chi connectivity index (χ1) is 24.8. The predicted octanol–water partition coefficient (Wildman–Crippen LogP) is 12.5. The Bertz CT molecular complexity index is 2890. The number of fused-ring (bicyclic) bond motifs is 6. The highest BCUT2D eigenvalue weighted by Crippen LogP contribution is 2.41. The van der Waals surface area contributed by atoms with E-state index in [1.807, 2.05) is 24.3 Å². The lowest BCUT2D eigenvalue weighted by Gasteiger charge is -2.11. The van der Waals surface area contributed by atoms with Crippen LogP contribution in [0.1, 0.15) is 0 Å². The molecule has 0 spiro atoms. The summed E-state index contributed by atoms with van der Waals surface area (Å²) in [5.74, 6) is 1.91. The number of thiophene rings is 1. The molecule has 0 saturated heterocycles. The Hall–Kier alpha value is -6.43. The minimum absolute atomic E-state index is 0.624. The van der Waals surface area contributed by atoms with Gasteiger partial charge in [0.05, 0.1) is 0 Å². The maximum Gasteiger partial charge on any atom is 0.165 e. The second kappa shape index (κ2) is 11.6. The summed E-state index contributed by atoms with van der Waals surface area (Å²) in [6.45, 7) is 0. The molecule has 234 valence electrons. The molecule has 0 bridgehead atoms. The number of rotatable bonds is 5. The van der Waals surface area contributed by atoms with Crippen LogP contribution in [-0.4, -0.2) is 15.0 Å². The molecule has 3 heterocycles. The molecule has 7 aromatic carbocycles. The first kappa shape index (κ1) is 28.6. The van der Waals surface area contributed by atoms with Crippen molar-refractivity contribution in [3.8, 4) is 56.4 Å². The Balaban J connectivity index is 1.18. The van der Waals surface area contributed by atoms with E-state index in [1.165, 1.54) is 20.2 Å². The van der Waals surface area contributed by atoms with Gasteiger partial charge in [0.2, 0.25) is 0 Å². The first-order valence-electron chi connectivity index (χ1n) is 16.6. The largest absolute Gasteiger partial charge is 0.456 e. The number of hydrogen-bond donors (Lipinski definition) is 0. The summed E-state index contributed by atoms with van der Waals surface area (Å²) in [4.78, 5) is 15.5. The van der Waals surface area contributed by atoms with Gasteiger partial charge in [-0.3, -0.25) is 0 Å². The molecule has 10 aromatic rings. The molecule has 5 heteroatoms. The van der Waals surface area contributed by atoms with Crippen LogP contribution in [0.2, 0.25) is 0 Å². The van der Waals surface area contributed by atoms with Crippen molar-refractivity contribution < 1.29 is 4.42 Å². The molecule has 0 atom stereocenters. The lowest BCUT2D eigenvalue weighted by Crippen LogP contribution is -2.00. The van der Waals surface area contributed by atoms with E-state index >= 15 is 0 Å². The molecule has 0 aliphatic rings. The Morgan fingerprint density at radius 2 is 0.940 bits per heavy atom. The van der Waals surface area contributed by atoms with Crippen LogP contribution in [-0.2, 0) is 0 Å². The average molecular weight is 658 g/mol. The molecule has 0 unspecified atom stereocenters. The van der Waals surface area contributed by atoms with Gasteiger partial charge in [0.15, 0.2) is 17.5 Å². The number of furan rings is 1. The number of benzene rings is 7. The lowest BCUT2D eigenvalue weighted by atomic mass is 9.98. The lowest BCUT2D eigenvalue weighted by molar-refractivity contribution is 0.669. The standard InChI is InChI=1S/C45H27N3OS/c1-2-12-28(13-3-1)29-14-8-16-31(26-29)43-46-44(48-45(47-43)37-22-10-21-35-34-18-5-7-25-40(34)50-42(35)37)32-17-9-15-30(27-32)33-20-11-24-39-41(33)36-19-4-6-23-38(36)49-39/h1-27H. The molecular formula is C45H27N3OS. The fourth-order valence-electron chi connectivity index (χ4n) is 6.99. The van der Waals surface area contributed by atoms with E-state index in [2.05, 4.69) is 140 Å². The third-order valence-corrected chi connectivity index (χ3v) is 10.6. The van der Waals surface area contributed by atoms with E-state index < -0.39 is 0 Å². The van der Waals surface area contributed by atoms with Crippen LogP contribution < -0.4 is 0 Å². The zero-order valence-electron chi connectivity index (χ0n) is 26.7. The van der Waals surface area contributed by atoms with Crippen LogP contribution in [0.3, 0.4) is 0 Å². The molecular weight excluding hydrogens is 631 g/mol. The minimum Gasteiger partial charge on any atom is -0.456 e. The smallest absolute Gasteiger partial charge is 0.165 e. The maximum atomic E-state index is 6.23. The summed E-state index contributed by atoms with van der Waals surface area (Å²) in [7, 11) is 0. The Kier molecular flexibility index (Phi) is 6.64. The second-order valence-electron chi connectivity index (χ2n) is 12.4. The number of hydrogen-bond acceptors (Lipinski definition) is 5. The zero-order chi connectivity index (χ0) is 33.0. The zero-order valence-corrected chi connectivity index (χ0v) is 27.6. The Labute approximate surface area is 292 Å². The number of para-hydroxylation sites is 1. The van der Waals surface area contributed by atoms with Gasteiger partial charge in [-0.15, -0.1) is 11.3 Å². The fourth-order valence-corrected chi connectivity index (χ4v) is 8.20. The van der Waals surface area contributed by atoms with Crippen LogP contribution in [0, 0.1) is 0 Å². The van der Waals surface area contributed by atoms with Crippen molar-refractivity contribution in [2.24, 2.45) is 0 Å². The van der Waals surface area contributed by atoms with Crippen molar-refractivity contribution in [3.63, 3.8) is 0 Å². The van der Waals surface area contributed by atoms with Gasteiger partial charge in [-0.05, 0) is 58.7 Å². The van der Waals surface area contributed by atoms with Crippen molar-refractivity contribution in [2.45, 2.75) is 0 Å². The van der Waals surface area contributed by atoms with Gasteiger partial charge in [0.1, 0.15) is 11.2 Å². The van der Waals surface area contributed by atoms with E-state index in [0.717, 1.165) is 60.9 Å². The third-order valence-electron chi connectivity index (χ3n) is 9.34. The molecule has 0 amide bonds. The van der Waals surface area contributed by atoms with Crippen LogP contribution in [0.5, 0.6) is 0 Å². The maximum absolute atomic E-state index is 6.23. The van der Waals surface area contributed by atoms with Gasteiger partial charge in [0.25, 0.3) is 0 Å². The van der Waals surface area contributed by atoms with Crippen molar-refractivity contribution in [2.75, 3.05) is 0 Å². The quantitative estimate of drug-likeness (QED) is 0.185. The summed E-state index contributed by atoms with van der Waals surface area (Å²) in [6.07, 6.45) is 0. The van der Waals surface area contributed by atoms with E-state index in [0.29, 0.717) is 17.5 Å². The molecule has 0 aliphatic heterocycles. The van der Waals surface area contributed by atoms with E-state index in [1.54, 1.807) is 11.3 Å². The van der Waals surface area contributed by atoms with Crippen LogP contribution in [0.15, 0.2) is 168 Å². The predicted molar refractivity (Wildman–Crippen MR) is 207 cm³/mol. The molecule has 4 nitrogen and oxygen atoms in total. The van der Waals surface area contributed by atoms with Crippen molar-refractivity contribution in [1.82, 2.24) is 15.0 Å². The highest BCUT2D eigenvalue weighted by atomic mass is 32.1. The molecule has 0 aliphatic carbocycles. The highest BCUT2D eigenvalue weighted by Gasteiger charge is 2.18. The van der Waals surface area contributed by atoms with Gasteiger partial charge in [0, 0.05) is 47.6 Å². The second-order valence-corrected chi connectivity index (χ2v) is 13.4. The molecule has 3 aromatic heterocycles. The SMILES string of the molecule is c1ccc(-c2cccc(-c3nc(-c4cccc(-c5cccc6oc7ccccc7c56)c4)nc(-c4cccc5c4sc4ccccc45)n3)c2)cc1. The molecule has 0 saturated carbocycles. The van der Waals surface area contributed by atoms with Crippen LogP contribution in [0.4, 0.5) is 0 Å². The van der Waals surface area contributed by atoms with E-state index in [9.17, 15) is 0 Å². The topological polar surface area (TPSA) is 51.8 Å². The summed E-state index contributed by atoms with van der Waals surface area (Å²) in [5, 5.41) is 4.66. The normalized spacial score (nSPS) is 11.6. The van der Waals surface area contributed by atoms with Crippen LogP contribution >= 0.6 is 11.3 Å². The number of aromatic nitrogens is 3. The van der Waals surface area contributed by atoms with Crippen molar-refractivity contribution in [3.05, 3.63) is 164 Å². The Morgan fingerprint density at radius 3 is 1.78 bits per heavy atom. The van der Waals surface area contributed by atoms with E-state index in [-0.39, 0.29) is 0 Å². The molecule has 0 radical (unpaired) electrons. The van der Waals surface area contributed by atoms with Gasteiger partial charge in [-0.25, -0.2) is 15.0 Å². The van der Waals surface area contributed by atoms with Gasteiger partial charge in [-0.2, -0.15) is 0 Å². The highest BCUT2D eigenvalue weighted by molar-refractivity contribution is 7.26. The number of nitrogens with zero attached hydrogens (tertiary/aromatic N) is 3. The third kappa shape index (κ3) is 4.79. The fraction of sp³-hybridized carbons (Fsp3) is 0. The average Bonchev–Trinajstić information content (AvgIpc) is 3.77. The Morgan fingerprint density at radius 1 is 0.380 bits per heavy atom. The van der Waals surface area contributed by atoms with Crippen molar-refractivity contribution in [1.29, 1.82) is 0 Å². The van der Waals surface area contributed by atoms with Crippen LogP contribution in [0.25, 0.3) is 98.5 Å². The van der Waals surface area contributed by atoms with Gasteiger partial charge in [-0.1, -0.05) is 127 Å². The molecule has 0 fully saturated rings. The summed E-state index contributed by atoms with van der Waals surface area (Å²) >= 11 is 1.78. The summed E-state index contributed by atoms with van der Waals surface area (Å²) < 4.78 is 8.64. The van der Waals surface area contributed by atoms with Gasteiger partial charge >= 0.3 is 0 Å². The molecule has 0 N–H and O–H groups in total. The monoisotopic (exact) mass is 657 g/mol. The van der Waals surface area contributed by atoms with E-state index in [4.69, 9.17) is 19.4 Å². The molecule has 10 rings (SSSR count). The minimum atomic E-state index is 0.624. The molecule has 50 heavy (non-hydrogen) atoms.